The molecule has 0 saturated carbocycles. The van der Waals surface area contributed by atoms with Gasteiger partial charge < -0.3 is 5.32 Å². The van der Waals surface area contributed by atoms with E-state index in [-0.39, 0.29) is 0 Å². The average Bonchev–Trinajstić information content (AvgIpc) is 2.37. The molecule has 0 bridgehead atoms. The molecule has 2 heteroatoms. The first-order valence-electron chi connectivity index (χ1n) is 6.82. The lowest BCUT2D eigenvalue weighted by molar-refractivity contribution is 0.589. The van der Waals surface area contributed by atoms with E-state index in [4.69, 9.17) is 0 Å². The normalized spacial score (nSPS) is 11.0. The van der Waals surface area contributed by atoms with Gasteiger partial charge in [-0.3, -0.25) is 4.98 Å². The van der Waals surface area contributed by atoms with Gasteiger partial charge in [0, 0.05) is 24.5 Å². The van der Waals surface area contributed by atoms with Crippen LogP contribution in [0.2, 0.25) is 0 Å². The van der Waals surface area contributed by atoms with Gasteiger partial charge in [0.15, 0.2) is 0 Å². The molecule has 2 nitrogen and oxygen atoms in total. The Hall–Kier alpha value is -1.67. The Morgan fingerprint density at radius 1 is 1.11 bits per heavy atom. The predicted octanol–water partition coefficient (Wildman–Crippen LogP) is 3.86. The summed E-state index contributed by atoms with van der Waals surface area (Å²) in [7, 11) is 0. The Bertz CT molecular complexity index is 559. The van der Waals surface area contributed by atoms with Gasteiger partial charge in [-0.05, 0) is 54.3 Å². The summed E-state index contributed by atoms with van der Waals surface area (Å²) in [5.41, 5.74) is 6.23. The van der Waals surface area contributed by atoms with Gasteiger partial charge in [-0.1, -0.05) is 26.0 Å². The predicted molar refractivity (Wildman–Crippen MR) is 81.1 cm³/mol. The Balaban J connectivity index is 2.31. The smallest absolute Gasteiger partial charge is 0.0378 e. The highest BCUT2D eigenvalue weighted by molar-refractivity contribution is 5.67. The van der Waals surface area contributed by atoms with Crippen LogP contribution in [0.4, 0.5) is 0 Å². The first-order valence-corrected chi connectivity index (χ1v) is 6.82. The number of benzene rings is 1. The fraction of sp³-hybridized carbons (Fsp3) is 0.353. The first kappa shape index (κ1) is 13.8. The van der Waals surface area contributed by atoms with E-state index >= 15 is 0 Å². The van der Waals surface area contributed by atoms with Crippen LogP contribution in [0.5, 0.6) is 0 Å². The molecule has 0 spiro atoms. The number of nitrogens with one attached hydrogen (secondary N) is 1. The standard InChI is InChI=1S/C17H22N2/c1-12(2)19-11-15-6-5-13(3)17(10-15)16-7-8-18-14(4)9-16/h5-10,12,19H,11H2,1-4H3. The number of nitrogens with zero attached hydrogens (tertiary/aromatic N) is 1. The van der Waals surface area contributed by atoms with Gasteiger partial charge in [-0.2, -0.15) is 0 Å². The number of aryl methyl sites for hydroxylation is 2. The highest BCUT2D eigenvalue weighted by Crippen LogP contribution is 2.24. The maximum atomic E-state index is 4.26. The molecule has 0 amide bonds. The minimum absolute atomic E-state index is 0.507. The minimum atomic E-state index is 0.507. The van der Waals surface area contributed by atoms with Gasteiger partial charge in [0.05, 0.1) is 0 Å². The summed E-state index contributed by atoms with van der Waals surface area (Å²) in [5, 5.41) is 3.46. The highest BCUT2D eigenvalue weighted by Gasteiger charge is 2.04. The van der Waals surface area contributed by atoms with Crippen molar-refractivity contribution in [3.63, 3.8) is 0 Å². The van der Waals surface area contributed by atoms with E-state index in [2.05, 4.69) is 61.4 Å². The van der Waals surface area contributed by atoms with E-state index in [0.29, 0.717) is 6.04 Å². The molecule has 0 aliphatic heterocycles. The van der Waals surface area contributed by atoms with Crippen molar-refractivity contribution < 1.29 is 0 Å². The lowest BCUT2D eigenvalue weighted by Gasteiger charge is -2.12. The zero-order chi connectivity index (χ0) is 13.8. The van der Waals surface area contributed by atoms with E-state index in [1.54, 1.807) is 0 Å². The number of pyridine rings is 1. The minimum Gasteiger partial charge on any atom is -0.310 e. The second kappa shape index (κ2) is 5.98. The van der Waals surface area contributed by atoms with Gasteiger partial charge in [-0.25, -0.2) is 0 Å². The molecule has 0 aliphatic carbocycles. The van der Waals surface area contributed by atoms with Crippen molar-refractivity contribution in [1.29, 1.82) is 0 Å². The van der Waals surface area contributed by atoms with Crippen molar-refractivity contribution in [1.82, 2.24) is 10.3 Å². The molecule has 2 aromatic rings. The monoisotopic (exact) mass is 254 g/mol. The van der Waals surface area contributed by atoms with Crippen LogP contribution < -0.4 is 5.32 Å². The molecule has 1 heterocycles. The van der Waals surface area contributed by atoms with Crippen molar-refractivity contribution >= 4 is 0 Å². The summed E-state index contributed by atoms with van der Waals surface area (Å²) in [6.07, 6.45) is 1.88. The summed E-state index contributed by atoms with van der Waals surface area (Å²) < 4.78 is 0. The average molecular weight is 254 g/mol. The van der Waals surface area contributed by atoms with Crippen LogP contribution in [0.25, 0.3) is 11.1 Å². The molecule has 0 unspecified atom stereocenters. The summed E-state index contributed by atoms with van der Waals surface area (Å²) >= 11 is 0. The number of aromatic nitrogens is 1. The van der Waals surface area contributed by atoms with E-state index in [1.807, 2.05) is 13.1 Å². The molecule has 1 N–H and O–H groups in total. The molecule has 0 fully saturated rings. The molecule has 100 valence electrons. The van der Waals surface area contributed by atoms with E-state index in [1.165, 1.54) is 22.3 Å². The van der Waals surface area contributed by atoms with Crippen molar-refractivity contribution in [2.45, 2.75) is 40.3 Å². The van der Waals surface area contributed by atoms with Crippen LogP contribution in [-0.2, 0) is 6.54 Å². The molecular formula is C17H22N2. The number of hydrogen-bond acceptors (Lipinski definition) is 2. The fourth-order valence-corrected chi connectivity index (χ4v) is 2.13. The lowest BCUT2D eigenvalue weighted by Crippen LogP contribution is -2.21. The summed E-state index contributed by atoms with van der Waals surface area (Å²) in [4.78, 5) is 4.26. The molecule has 0 aliphatic rings. The summed E-state index contributed by atoms with van der Waals surface area (Å²) in [6.45, 7) is 9.44. The van der Waals surface area contributed by atoms with Crippen molar-refractivity contribution in [2.24, 2.45) is 0 Å². The third-order valence-corrected chi connectivity index (χ3v) is 3.22. The molecule has 0 radical (unpaired) electrons. The van der Waals surface area contributed by atoms with Gasteiger partial charge >= 0.3 is 0 Å². The molecule has 2 rings (SSSR count). The maximum Gasteiger partial charge on any atom is 0.0378 e. The second-order valence-electron chi connectivity index (χ2n) is 5.37. The van der Waals surface area contributed by atoms with Crippen LogP contribution >= 0.6 is 0 Å². The Kier molecular flexibility index (Phi) is 4.33. The molecular weight excluding hydrogens is 232 g/mol. The van der Waals surface area contributed by atoms with Gasteiger partial charge in [0.1, 0.15) is 0 Å². The topological polar surface area (TPSA) is 24.9 Å². The summed E-state index contributed by atoms with van der Waals surface area (Å²) in [5.74, 6) is 0. The first-order chi connectivity index (χ1) is 9.06. The quantitative estimate of drug-likeness (QED) is 0.896. The fourth-order valence-electron chi connectivity index (χ4n) is 2.13. The van der Waals surface area contributed by atoms with Crippen LogP contribution in [0, 0.1) is 13.8 Å². The van der Waals surface area contributed by atoms with Gasteiger partial charge in [0.2, 0.25) is 0 Å². The second-order valence-corrected chi connectivity index (χ2v) is 5.37. The largest absolute Gasteiger partial charge is 0.310 e. The van der Waals surface area contributed by atoms with Crippen molar-refractivity contribution in [3.8, 4) is 11.1 Å². The molecule has 19 heavy (non-hydrogen) atoms. The van der Waals surface area contributed by atoms with E-state index in [9.17, 15) is 0 Å². The highest BCUT2D eigenvalue weighted by atomic mass is 14.9. The van der Waals surface area contributed by atoms with Crippen LogP contribution in [0.1, 0.15) is 30.7 Å². The summed E-state index contributed by atoms with van der Waals surface area (Å²) in [6, 6.07) is 11.4. The van der Waals surface area contributed by atoms with Crippen molar-refractivity contribution in [2.75, 3.05) is 0 Å². The lowest BCUT2D eigenvalue weighted by atomic mass is 9.98. The SMILES string of the molecule is Cc1cc(-c2cc(CNC(C)C)ccc2C)ccn1. The Morgan fingerprint density at radius 2 is 1.89 bits per heavy atom. The van der Waals surface area contributed by atoms with Crippen LogP contribution in [-0.4, -0.2) is 11.0 Å². The van der Waals surface area contributed by atoms with E-state index in [0.717, 1.165) is 12.2 Å². The molecule has 0 atom stereocenters. The van der Waals surface area contributed by atoms with Crippen LogP contribution in [0.3, 0.4) is 0 Å². The van der Waals surface area contributed by atoms with Crippen LogP contribution in [0.15, 0.2) is 36.5 Å². The van der Waals surface area contributed by atoms with Crippen molar-refractivity contribution in [3.05, 3.63) is 53.3 Å². The third-order valence-electron chi connectivity index (χ3n) is 3.22. The van der Waals surface area contributed by atoms with Gasteiger partial charge in [0.25, 0.3) is 0 Å². The Morgan fingerprint density at radius 3 is 2.58 bits per heavy atom. The van der Waals surface area contributed by atoms with E-state index < -0.39 is 0 Å². The molecule has 1 aromatic heterocycles. The number of hydrogen-bond donors (Lipinski definition) is 1. The van der Waals surface area contributed by atoms with Gasteiger partial charge in [-0.15, -0.1) is 0 Å². The zero-order valence-electron chi connectivity index (χ0n) is 12.2. The zero-order valence-corrected chi connectivity index (χ0v) is 12.2. The number of rotatable bonds is 4. The Labute approximate surface area is 115 Å². The maximum absolute atomic E-state index is 4.26. The molecule has 1 aromatic carbocycles. The molecule has 0 saturated heterocycles. The third kappa shape index (κ3) is 3.65.